The average molecular weight is 320 g/mol. The second kappa shape index (κ2) is 4.59. The molecule has 92 valence electrons. The molecule has 17 heavy (non-hydrogen) atoms. The van der Waals surface area contributed by atoms with E-state index in [2.05, 4.69) is 31.3 Å². The van der Waals surface area contributed by atoms with Crippen molar-refractivity contribution in [3.05, 3.63) is 10.2 Å². The number of fused-ring (bicyclic) bond motifs is 1. The fourth-order valence-corrected chi connectivity index (χ4v) is 2.76. The molecule has 5 nitrogen and oxygen atoms in total. The standard InChI is InChI=1S/C10H12BrClN4O/c11-8-6-5-13-10(12)14-9(6)16(15-8)7-3-1-2-4-17-7/h7H,1-5H2,(H,13,14). The number of amidine groups is 1. The van der Waals surface area contributed by atoms with Gasteiger partial charge in [-0.25, -0.2) is 4.68 Å². The largest absolute Gasteiger partial charge is 0.356 e. The van der Waals surface area contributed by atoms with Crippen LogP contribution < -0.4 is 5.32 Å². The van der Waals surface area contributed by atoms with Gasteiger partial charge in [0.1, 0.15) is 10.4 Å². The van der Waals surface area contributed by atoms with Gasteiger partial charge in [0.15, 0.2) is 11.5 Å². The number of halogens is 2. The molecule has 1 saturated heterocycles. The molecule has 3 heterocycles. The third kappa shape index (κ3) is 2.09. The molecular weight excluding hydrogens is 307 g/mol. The van der Waals surface area contributed by atoms with Gasteiger partial charge in [0, 0.05) is 6.61 Å². The monoisotopic (exact) mass is 318 g/mol. The van der Waals surface area contributed by atoms with Crippen LogP contribution in [-0.2, 0) is 11.3 Å². The molecule has 3 rings (SSSR count). The van der Waals surface area contributed by atoms with Crippen LogP contribution >= 0.6 is 27.5 Å². The number of anilines is 1. The maximum Gasteiger partial charge on any atom is 0.197 e. The maximum atomic E-state index is 5.91. The van der Waals surface area contributed by atoms with Gasteiger partial charge in [0.25, 0.3) is 0 Å². The lowest BCUT2D eigenvalue weighted by atomic mass is 10.2. The van der Waals surface area contributed by atoms with Gasteiger partial charge in [0.2, 0.25) is 0 Å². The van der Waals surface area contributed by atoms with Gasteiger partial charge in [-0.2, -0.15) is 5.10 Å². The molecule has 0 bridgehead atoms. The van der Waals surface area contributed by atoms with Crippen LogP contribution in [0.25, 0.3) is 0 Å². The first-order chi connectivity index (χ1) is 8.25. The summed E-state index contributed by atoms with van der Waals surface area (Å²) in [5, 5.41) is 7.92. The molecule has 0 spiro atoms. The van der Waals surface area contributed by atoms with E-state index in [1.807, 2.05) is 4.68 Å². The Morgan fingerprint density at radius 1 is 1.47 bits per heavy atom. The normalized spacial score (nSPS) is 23.9. The van der Waals surface area contributed by atoms with Gasteiger partial charge in [-0.15, -0.1) is 0 Å². The molecule has 1 aromatic rings. The minimum Gasteiger partial charge on any atom is -0.356 e. The van der Waals surface area contributed by atoms with E-state index in [0.29, 0.717) is 11.8 Å². The van der Waals surface area contributed by atoms with Crippen LogP contribution in [0.3, 0.4) is 0 Å². The van der Waals surface area contributed by atoms with Gasteiger partial charge < -0.3 is 10.1 Å². The van der Waals surface area contributed by atoms with E-state index >= 15 is 0 Å². The highest BCUT2D eigenvalue weighted by atomic mass is 79.9. The van der Waals surface area contributed by atoms with Gasteiger partial charge in [-0.05, 0) is 46.8 Å². The lowest BCUT2D eigenvalue weighted by molar-refractivity contribution is -0.0382. The van der Waals surface area contributed by atoms with Crippen LogP contribution in [-0.4, -0.2) is 21.7 Å². The summed E-state index contributed by atoms with van der Waals surface area (Å²) in [4.78, 5) is 4.14. The maximum absolute atomic E-state index is 5.91. The molecule has 1 atom stereocenters. The van der Waals surface area contributed by atoms with Crippen LogP contribution in [0.4, 0.5) is 5.82 Å². The molecule has 0 saturated carbocycles. The van der Waals surface area contributed by atoms with Crippen molar-refractivity contribution in [3.8, 4) is 0 Å². The molecule has 1 aromatic heterocycles. The molecule has 0 aromatic carbocycles. The number of hydrogen-bond acceptors (Lipinski definition) is 4. The van der Waals surface area contributed by atoms with Crippen molar-refractivity contribution in [2.24, 2.45) is 4.99 Å². The van der Waals surface area contributed by atoms with Crippen molar-refractivity contribution in [2.45, 2.75) is 32.0 Å². The number of nitrogens with zero attached hydrogens (tertiary/aromatic N) is 3. The van der Waals surface area contributed by atoms with Crippen molar-refractivity contribution in [2.75, 3.05) is 11.9 Å². The SMILES string of the molecule is ClC1=NCc2c(Br)nn(C3CCCCO3)c2N1. The van der Waals surface area contributed by atoms with Crippen LogP contribution in [0.15, 0.2) is 9.60 Å². The quantitative estimate of drug-likeness (QED) is 0.810. The first kappa shape index (κ1) is 11.5. The zero-order valence-electron chi connectivity index (χ0n) is 9.12. The highest BCUT2D eigenvalue weighted by Gasteiger charge is 2.26. The Bertz CT molecular complexity index is 467. The molecule has 2 aliphatic heterocycles. The van der Waals surface area contributed by atoms with Crippen molar-refractivity contribution in [3.63, 3.8) is 0 Å². The van der Waals surface area contributed by atoms with E-state index in [0.717, 1.165) is 35.4 Å². The van der Waals surface area contributed by atoms with E-state index in [4.69, 9.17) is 16.3 Å². The van der Waals surface area contributed by atoms with Gasteiger partial charge in [-0.1, -0.05) is 0 Å². The van der Waals surface area contributed by atoms with E-state index in [1.165, 1.54) is 6.42 Å². The molecular formula is C10H12BrClN4O. The lowest BCUT2D eigenvalue weighted by Gasteiger charge is -2.25. The molecule has 0 radical (unpaired) electrons. The number of aromatic nitrogens is 2. The van der Waals surface area contributed by atoms with Gasteiger partial charge in [0.05, 0.1) is 12.1 Å². The topological polar surface area (TPSA) is 51.4 Å². The molecule has 1 N–H and O–H groups in total. The van der Waals surface area contributed by atoms with E-state index in [9.17, 15) is 0 Å². The summed E-state index contributed by atoms with van der Waals surface area (Å²) in [6, 6.07) is 0. The van der Waals surface area contributed by atoms with E-state index in [1.54, 1.807) is 0 Å². The van der Waals surface area contributed by atoms with Crippen molar-refractivity contribution >= 4 is 38.6 Å². The summed E-state index contributed by atoms with van der Waals surface area (Å²) in [7, 11) is 0. The first-order valence-electron chi connectivity index (χ1n) is 5.61. The Morgan fingerprint density at radius 3 is 3.12 bits per heavy atom. The van der Waals surface area contributed by atoms with Crippen molar-refractivity contribution in [1.29, 1.82) is 0 Å². The average Bonchev–Trinajstić information content (AvgIpc) is 2.67. The number of hydrogen-bond donors (Lipinski definition) is 1. The Balaban J connectivity index is 1.95. The van der Waals surface area contributed by atoms with Crippen molar-refractivity contribution in [1.82, 2.24) is 9.78 Å². The predicted molar refractivity (Wildman–Crippen MR) is 69.4 cm³/mol. The van der Waals surface area contributed by atoms with E-state index in [-0.39, 0.29) is 6.23 Å². The summed E-state index contributed by atoms with van der Waals surface area (Å²) >= 11 is 9.36. The zero-order valence-corrected chi connectivity index (χ0v) is 11.5. The Labute approximate surface area is 112 Å². The number of rotatable bonds is 1. The molecule has 1 unspecified atom stereocenters. The number of aliphatic imine (C=N–C) groups is 1. The minimum absolute atomic E-state index is 0.00105. The predicted octanol–water partition coefficient (Wildman–Crippen LogP) is 2.87. The van der Waals surface area contributed by atoms with Gasteiger partial charge >= 0.3 is 0 Å². The Kier molecular flexibility index (Phi) is 3.10. The molecule has 1 fully saturated rings. The smallest absolute Gasteiger partial charge is 0.197 e. The van der Waals surface area contributed by atoms with Crippen molar-refractivity contribution < 1.29 is 4.74 Å². The molecule has 0 amide bonds. The first-order valence-corrected chi connectivity index (χ1v) is 6.78. The summed E-state index contributed by atoms with van der Waals surface area (Å²) in [5.41, 5.74) is 1.03. The summed E-state index contributed by atoms with van der Waals surface area (Å²) in [5.74, 6) is 0.892. The van der Waals surface area contributed by atoms with Crippen LogP contribution in [0, 0.1) is 0 Å². The Hall–Kier alpha value is -0.590. The molecule has 0 aliphatic carbocycles. The highest BCUT2D eigenvalue weighted by molar-refractivity contribution is 9.10. The number of nitrogens with one attached hydrogen (secondary N) is 1. The fourth-order valence-electron chi connectivity index (χ4n) is 2.12. The third-order valence-electron chi connectivity index (χ3n) is 2.99. The zero-order chi connectivity index (χ0) is 11.8. The lowest BCUT2D eigenvalue weighted by Crippen LogP contribution is -2.23. The van der Waals surface area contributed by atoms with Gasteiger partial charge in [-0.3, -0.25) is 4.99 Å². The second-order valence-electron chi connectivity index (χ2n) is 4.12. The summed E-state index contributed by atoms with van der Waals surface area (Å²) < 4.78 is 8.41. The molecule has 2 aliphatic rings. The molecule has 7 heteroatoms. The summed E-state index contributed by atoms with van der Waals surface area (Å²) in [6.45, 7) is 1.34. The third-order valence-corrected chi connectivity index (χ3v) is 3.84. The van der Waals surface area contributed by atoms with Crippen LogP contribution in [0.2, 0.25) is 0 Å². The summed E-state index contributed by atoms with van der Waals surface area (Å²) in [6.07, 6.45) is 3.27. The number of ether oxygens (including phenoxy) is 1. The van der Waals surface area contributed by atoms with Crippen LogP contribution in [0.1, 0.15) is 31.1 Å². The van der Waals surface area contributed by atoms with Crippen LogP contribution in [0.5, 0.6) is 0 Å². The minimum atomic E-state index is -0.00105. The second-order valence-corrected chi connectivity index (χ2v) is 5.22. The van der Waals surface area contributed by atoms with E-state index < -0.39 is 0 Å². The highest BCUT2D eigenvalue weighted by Crippen LogP contribution is 2.33. The fraction of sp³-hybridized carbons (Fsp3) is 0.600. The Morgan fingerprint density at radius 2 is 2.35 bits per heavy atom.